The molecule has 0 aromatic heterocycles. The molecule has 2 N–H and O–H groups in total. The molecule has 1 aromatic rings. The highest BCUT2D eigenvalue weighted by molar-refractivity contribution is 5.89. The van der Waals surface area contributed by atoms with Gasteiger partial charge in [-0.2, -0.15) is 0 Å². The summed E-state index contributed by atoms with van der Waals surface area (Å²) in [6, 6.07) is 4.91. The lowest BCUT2D eigenvalue weighted by atomic mass is 9.95. The smallest absolute Gasteiger partial charge is 0.335 e. The van der Waals surface area contributed by atoms with Crippen molar-refractivity contribution in [3.05, 3.63) is 29.3 Å². The van der Waals surface area contributed by atoms with Crippen LogP contribution in [-0.2, 0) is 0 Å². The Kier molecular flexibility index (Phi) is 3.87. The second kappa shape index (κ2) is 5.40. The van der Waals surface area contributed by atoms with Crippen LogP contribution in [0, 0.1) is 6.92 Å². The van der Waals surface area contributed by atoms with E-state index in [4.69, 9.17) is 9.84 Å². The van der Waals surface area contributed by atoms with Gasteiger partial charge in [0.2, 0.25) is 0 Å². The predicted octanol–water partition coefficient (Wildman–Crippen LogP) is 2.38. The lowest BCUT2D eigenvalue weighted by Gasteiger charge is -2.28. The van der Waals surface area contributed by atoms with Crippen molar-refractivity contribution in [1.29, 1.82) is 0 Å². The van der Waals surface area contributed by atoms with Gasteiger partial charge in [0.25, 0.3) is 0 Å². The van der Waals surface area contributed by atoms with Gasteiger partial charge in [-0.3, -0.25) is 0 Å². The van der Waals surface area contributed by atoms with E-state index >= 15 is 0 Å². The summed E-state index contributed by atoms with van der Waals surface area (Å²) in [5.41, 5.74) is 0.955. The molecule has 2 unspecified atom stereocenters. The average molecular weight is 250 g/mol. The largest absolute Gasteiger partial charge is 0.488 e. The third-order valence-electron chi connectivity index (χ3n) is 3.38. The lowest BCUT2D eigenvalue weighted by Crippen LogP contribution is -2.34. The quantitative estimate of drug-likeness (QED) is 0.864. The van der Waals surface area contributed by atoms with Crippen LogP contribution in [0.2, 0.25) is 0 Å². The number of aromatic carboxylic acids is 1. The number of aliphatic hydroxyl groups is 1. The fraction of sp³-hybridized carbons (Fsp3) is 0.500. The van der Waals surface area contributed by atoms with E-state index in [1.165, 1.54) is 0 Å². The third kappa shape index (κ3) is 2.82. The topological polar surface area (TPSA) is 66.8 Å². The van der Waals surface area contributed by atoms with E-state index in [0.717, 1.165) is 25.7 Å². The van der Waals surface area contributed by atoms with Gasteiger partial charge in [-0.05, 0) is 49.9 Å². The van der Waals surface area contributed by atoms with Gasteiger partial charge in [-0.25, -0.2) is 4.79 Å². The maximum Gasteiger partial charge on any atom is 0.335 e. The Morgan fingerprint density at radius 1 is 1.33 bits per heavy atom. The zero-order valence-corrected chi connectivity index (χ0v) is 10.4. The maximum atomic E-state index is 10.9. The van der Waals surface area contributed by atoms with E-state index in [9.17, 15) is 9.90 Å². The van der Waals surface area contributed by atoms with E-state index in [1.54, 1.807) is 25.1 Å². The number of ether oxygens (including phenoxy) is 1. The number of hydrogen-bond donors (Lipinski definition) is 2. The third-order valence-corrected chi connectivity index (χ3v) is 3.38. The monoisotopic (exact) mass is 250 g/mol. The van der Waals surface area contributed by atoms with Gasteiger partial charge in [0, 0.05) is 0 Å². The second-order valence-corrected chi connectivity index (χ2v) is 4.79. The molecule has 98 valence electrons. The first-order valence-corrected chi connectivity index (χ1v) is 6.26. The first kappa shape index (κ1) is 12.9. The SMILES string of the molecule is Cc1cc(OC2CCCCC2O)ccc1C(=O)O. The Morgan fingerprint density at radius 3 is 2.67 bits per heavy atom. The standard InChI is InChI=1S/C14H18O4/c1-9-8-10(6-7-11(9)14(16)17)18-13-5-3-2-4-12(13)15/h6-8,12-13,15H,2-5H2,1H3,(H,16,17). The lowest BCUT2D eigenvalue weighted by molar-refractivity contribution is 0.00683. The summed E-state index contributed by atoms with van der Waals surface area (Å²) in [5, 5.41) is 18.8. The van der Waals surface area contributed by atoms with Crippen molar-refractivity contribution in [2.24, 2.45) is 0 Å². The molecule has 4 nitrogen and oxygen atoms in total. The molecule has 0 spiro atoms. The van der Waals surface area contributed by atoms with Gasteiger partial charge in [0.15, 0.2) is 0 Å². The first-order chi connectivity index (χ1) is 8.58. The zero-order valence-electron chi connectivity index (χ0n) is 10.4. The Morgan fingerprint density at radius 2 is 2.06 bits per heavy atom. The van der Waals surface area contributed by atoms with Crippen LogP contribution in [-0.4, -0.2) is 28.4 Å². The summed E-state index contributed by atoms with van der Waals surface area (Å²) in [6.45, 7) is 1.74. The van der Waals surface area contributed by atoms with Crippen molar-refractivity contribution < 1.29 is 19.7 Å². The van der Waals surface area contributed by atoms with Crippen molar-refractivity contribution in [3.8, 4) is 5.75 Å². The van der Waals surface area contributed by atoms with Gasteiger partial charge >= 0.3 is 5.97 Å². The fourth-order valence-corrected chi connectivity index (χ4v) is 2.34. The molecular formula is C14H18O4. The number of aryl methyl sites for hydroxylation is 1. The molecular weight excluding hydrogens is 232 g/mol. The van der Waals surface area contributed by atoms with Crippen LogP contribution in [0.15, 0.2) is 18.2 Å². The highest BCUT2D eigenvalue weighted by atomic mass is 16.5. The number of aliphatic hydroxyl groups excluding tert-OH is 1. The minimum Gasteiger partial charge on any atom is -0.488 e. The van der Waals surface area contributed by atoms with Crippen molar-refractivity contribution in [3.63, 3.8) is 0 Å². The van der Waals surface area contributed by atoms with Crippen LogP contribution >= 0.6 is 0 Å². The highest BCUT2D eigenvalue weighted by Crippen LogP contribution is 2.25. The first-order valence-electron chi connectivity index (χ1n) is 6.26. The molecule has 1 aromatic carbocycles. The maximum absolute atomic E-state index is 10.9. The van der Waals surface area contributed by atoms with Crippen LogP contribution in [0.5, 0.6) is 5.75 Å². The van der Waals surface area contributed by atoms with Gasteiger partial charge in [-0.1, -0.05) is 6.42 Å². The number of carboxylic acids is 1. The van der Waals surface area contributed by atoms with E-state index in [0.29, 0.717) is 11.3 Å². The minimum atomic E-state index is -0.934. The van der Waals surface area contributed by atoms with Crippen LogP contribution in [0.1, 0.15) is 41.6 Å². The Hall–Kier alpha value is -1.55. The average Bonchev–Trinajstić information content (AvgIpc) is 2.32. The van der Waals surface area contributed by atoms with E-state index in [-0.39, 0.29) is 11.7 Å². The zero-order chi connectivity index (χ0) is 13.1. The van der Waals surface area contributed by atoms with Gasteiger partial charge in [0.1, 0.15) is 11.9 Å². The molecule has 2 atom stereocenters. The summed E-state index contributed by atoms with van der Waals surface area (Å²) in [5.74, 6) is -0.305. The van der Waals surface area contributed by atoms with E-state index in [2.05, 4.69) is 0 Å². The molecule has 0 heterocycles. The van der Waals surface area contributed by atoms with Crippen LogP contribution in [0.3, 0.4) is 0 Å². The summed E-state index contributed by atoms with van der Waals surface area (Å²) in [7, 11) is 0. The van der Waals surface area contributed by atoms with Gasteiger partial charge < -0.3 is 14.9 Å². The van der Waals surface area contributed by atoms with Crippen molar-refractivity contribution in [2.45, 2.75) is 44.8 Å². The van der Waals surface area contributed by atoms with E-state index in [1.807, 2.05) is 0 Å². The van der Waals surface area contributed by atoms with Crippen LogP contribution in [0.4, 0.5) is 0 Å². The molecule has 0 radical (unpaired) electrons. The van der Waals surface area contributed by atoms with Gasteiger partial charge in [0.05, 0.1) is 11.7 Å². The van der Waals surface area contributed by atoms with Crippen molar-refractivity contribution >= 4 is 5.97 Å². The molecule has 0 aliphatic heterocycles. The molecule has 1 aliphatic rings. The predicted molar refractivity (Wildman–Crippen MR) is 67.0 cm³/mol. The second-order valence-electron chi connectivity index (χ2n) is 4.79. The molecule has 4 heteroatoms. The molecule has 0 saturated heterocycles. The number of carboxylic acid groups (broad SMARTS) is 1. The summed E-state index contributed by atoms with van der Waals surface area (Å²) in [6.07, 6.45) is 3.14. The molecule has 0 bridgehead atoms. The Bertz CT molecular complexity index is 441. The highest BCUT2D eigenvalue weighted by Gasteiger charge is 2.24. The number of carbonyl (C=O) groups is 1. The van der Waals surface area contributed by atoms with Crippen LogP contribution in [0.25, 0.3) is 0 Å². The van der Waals surface area contributed by atoms with Crippen LogP contribution < -0.4 is 4.74 Å². The van der Waals surface area contributed by atoms with Gasteiger partial charge in [-0.15, -0.1) is 0 Å². The summed E-state index contributed by atoms with van der Waals surface area (Å²) in [4.78, 5) is 10.9. The number of hydrogen-bond acceptors (Lipinski definition) is 3. The molecule has 1 fully saturated rings. The Balaban J connectivity index is 2.10. The summed E-state index contributed by atoms with van der Waals surface area (Å²) >= 11 is 0. The number of rotatable bonds is 3. The summed E-state index contributed by atoms with van der Waals surface area (Å²) < 4.78 is 5.74. The Labute approximate surface area is 106 Å². The minimum absolute atomic E-state index is 0.172. The van der Waals surface area contributed by atoms with Crippen molar-refractivity contribution in [1.82, 2.24) is 0 Å². The van der Waals surface area contributed by atoms with Crippen molar-refractivity contribution in [2.75, 3.05) is 0 Å². The fourth-order valence-electron chi connectivity index (χ4n) is 2.34. The van der Waals surface area contributed by atoms with E-state index < -0.39 is 12.1 Å². The molecule has 1 aliphatic carbocycles. The molecule has 2 rings (SSSR count). The molecule has 18 heavy (non-hydrogen) atoms. The normalized spacial score (nSPS) is 23.7. The molecule has 1 saturated carbocycles. The molecule has 0 amide bonds. The number of benzene rings is 1.